The fourth-order valence-electron chi connectivity index (χ4n) is 4.75. The maximum absolute atomic E-state index is 14.2. The van der Waals surface area contributed by atoms with E-state index in [1.54, 1.807) is 57.2 Å². The number of carbonyl (C=O) groups excluding carboxylic acids is 3. The summed E-state index contributed by atoms with van der Waals surface area (Å²) in [6, 6.07) is 13.6. The molecule has 3 N–H and O–H groups in total. The second kappa shape index (κ2) is 13.5. The Morgan fingerprint density at radius 1 is 1.13 bits per heavy atom. The summed E-state index contributed by atoms with van der Waals surface area (Å²) in [6.07, 6.45) is -2.75. The Morgan fingerprint density at radius 2 is 1.80 bits per heavy atom. The quantitative estimate of drug-likeness (QED) is 0.172. The van der Waals surface area contributed by atoms with Crippen LogP contribution in [0.2, 0.25) is 0 Å². The highest BCUT2D eigenvalue weighted by atomic mass is 31.2. The minimum absolute atomic E-state index is 0.114. The van der Waals surface area contributed by atoms with Crippen molar-refractivity contribution >= 4 is 36.9 Å². The number of ether oxygens (including phenoxy) is 4. The van der Waals surface area contributed by atoms with Gasteiger partial charge in [-0.15, -0.1) is 0 Å². The predicted octanol–water partition coefficient (Wildman–Crippen LogP) is 3.64. The lowest BCUT2D eigenvalue weighted by molar-refractivity contribution is -0.166. The monoisotopic (exact) mass is 657 g/mol. The third-order valence-corrected chi connectivity index (χ3v) is 8.24. The molecule has 1 fully saturated rings. The SMILES string of the molecule is CC(=O)O[C@H]1[C@H](c2ccc3c(N)ccnn23)O[C@](C#N)(CO[P@@](=O)(N[C@@H](C)C(=O)OC(C)(C)C)Oc2ccccc2)[C@H]1OC(C)=O. The lowest BCUT2D eigenvalue weighted by atomic mass is 9.95. The van der Waals surface area contributed by atoms with Crippen LogP contribution in [-0.2, 0) is 42.4 Å². The van der Waals surface area contributed by atoms with Crippen LogP contribution in [0.1, 0.15) is 53.3 Å². The van der Waals surface area contributed by atoms with Crippen molar-refractivity contribution < 1.29 is 46.9 Å². The molecule has 246 valence electrons. The van der Waals surface area contributed by atoms with Gasteiger partial charge < -0.3 is 29.2 Å². The molecule has 0 spiro atoms. The topological polar surface area (TPSA) is 203 Å². The Morgan fingerprint density at radius 3 is 2.41 bits per heavy atom. The first-order valence-electron chi connectivity index (χ1n) is 14.2. The summed E-state index contributed by atoms with van der Waals surface area (Å²) >= 11 is 0. The minimum Gasteiger partial charge on any atom is -0.459 e. The molecule has 0 aliphatic carbocycles. The van der Waals surface area contributed by atoms with Gasteiger partial charge >= 0.3 is 25.7 Å². The van der Waals surface area contributed by atoms with Crippen LogP contribution >= 0.6 is 7.75 Å². The molecule has 1 aliphatic heterocycles. The van der Waals surface area contributed by atoms with Crippen LogP contribution in [0.25, 0.3) is 5.52 Å². The molecular weight excluding hydrogens is 621 g/mol. The van der Waals surface area contributed by atoms with Crippen LogP contribution in [0.3, 0.4) is 0 Å². The molecule has 3 heterocycles. The Kier molecular flexibility index (Phi) is 10.1. The molecule has 4 rings (SSSR count). The zero-order valence-corrected chi connectivity index (χ0v) is 27.1. The average molecular weight is 658 g/mol. The number of hydrogen-bond acceptors (Lipinski definition) is 13. The minimum atomic E-state index is -4.52. The zero-order chi connectivity index (χ0) is 33.9. The first-order valence-corrected chi connectivity index (χ1v) is 15.8. The molecule has 3 aromatic rings. The van der Waals surface area contributed by atoms with Crippen molar-refractivity contribution in [2.45, 2.75) is 77.1 Å². The van der Waals surface area contributed by atoms with E-state index in [9.17, 15) is 24.2 Å². The molecule has 0 radical (unpaired) electrons. The van der Waals surface area contributed by atoms with Crippen molar-refractivity contribution in [1.82, 2.24) is 14.7 Å². The summed E-state index contributed by atoms with van der Waals surface area (Å²) in [5.41, 5.74) is 4.23. The van der Waals surface area contributed by atoms with Gasteiger partial charge in [-0.1, -0.05) is 18.2 Å². The van der Waals surface area contributed by atoms with Gasteiger partial charge in [-0.2, -0.15) is 15.4 Å². The van der Waals surface area contributed by atoms with E-state index in [0.29, 0.717) is 16.9 Å². The lowest BCUT2D eigenvalue weighted by Gasteiger charge is -2.30. The normalized spacial score (nSPS) is 23.1. The second-order valence-corrected chi connectivity index (χ2v) is 13.2. The maximum Gasteiger partial charge on any atom is 0.459 e. The number of nitrogens with zero attached hydrogens (tertiary/aromatic N) is 3. The van der Waals surface area contributed by atoms with Crippen molar-refractivity contribution in [3.05, 3.63) is 60.4 Å². The van der Waals surface area contributed by atoms with Crippen LogP contribution in [0, 0.1) is 11.3 Å². The standard InChI is InChI=1S/C30H36N5O10P/c1-18(28(38)44-29(4,5)6)34-46(39,45-21-10-8-7-9-11-21)40-17-30(16-31)27(42-20(3)37)26(41-19(2)36)25(43-30)24-13-12-23-22(32)14-15-33-35(23)24/h7-15,18,25-27H,17,32H2,1-6H3,(H,34,39)/t18-,25-,26-,27-,30+,46-/m0/s1. The van der Waals surface area contributed by atoms with Gasteiger partial charge in [0.05, 0.1) is 16.9 Å². The van der Waals surface area contributed by atoms with E-state index < -0.39 is 67.8 Å². The number of nitrogens with one attached hydrogen (secondary N) is 1. The molecular formula is C30H36N5O10P. The average Bonchev–Trinajstić information content (AvgIpc) is 3.52. The second-order valence-electron chi connectivity index (χ2n) is 11.5. The van der Waals surface area contributed by atoms with Gasteiger partial charge in [-0.05, 0) is 58.0 Å². The lowest BCUT2D eigenvalue weighted by Crippen LogP contribution is -2.49. The van der Waals surface area contributed by atoms with E-state index in [0.717, 1.165) is 13.8 Å². The Labute approximate surface area is 265 Å². The fourth-order valence-corrected chi connectivity index (χ4v) is 6.27. The van der Waals surface area contributed by atoms with E-state index in [4.69, 9.17) is 33.7 Å². The molecule has 0 unspecified atom stereocenters. The van der Waals surface area contributed by atoms with Crippen molar-refractivity contribution in [2.24, 2.45) is 0 Å². The van der Waals surface area contributed by atoms with Gasteiger partial charge in [-0.3, -0.25) is 18.9 Å². The molecule has 1 saturated heterocycles. The number of anilines is 1. The van der Waals surface area contributed by atoms with Crippen LogP contribution in [-0.4, -0.2) is 63.6 Å². The van der Waals surface area contributed by atoms with Gasteiger partial charge in [-0.25, -0.2) is 9.08 Å². The highest BCUT2D eigenvalue weighted by Crippen LogP contribution is 2.50. The summed E-state index contributed by atoms with van der Waals surface area (Å²) in [6.45, 7) is 7.81. The van der Waals surface area contributed by atoms with Gasteiger partial charge in [0.1, 0.15) is 36.2 Å². The van der Waals surface area contributed by atoms with Crippen LogP contribution in [0.4, 0.5) is 5.69 Å². The molecule has 0 bridgehead atoms. The zero-order valence-electron chi connectivity index (χ0n) is 26.2. The molecule has 16 heteroatoms. The molecule has 15 nitrogen and oxygen atoms in total. The van der Waals surface area contributed by atoms with Crippen molar-refractivity contribution in [2.75, 3.05) is 12.3 Å². The number of nitrogens with two attached hydrogens (primary N) is 1. The molecule has 46 heavy (non-hydrogen) atoms. The van der Waals surface area contributed by atoms with E-state index in [1.807, 2.05) is 6.07 Å². The summed E-state index contributed by atoms with van der Waals surface area (Å²) in [5, 5.41) is 17.4. The van der Waals surface area contributed by atoms with Crippen molar-refractivity contribution in [3.8, 4) is 11.8 Å². The summed E-state index contributed by atoms with van der Waals surface area (Å²) in [7, 11) is -4.52. The third-order valence-electron chi connectivity index (χ3n) is 6.62. The fraction of sp³-hybridized carbons (Fsp3) is 0.433. The first kappa shape index (κ1) is 34.4. The Bertz CT molecular complexity index is 1680. The molecule has 2 aromatic heterocycles. The van der Waals surface area contributed by atoms with Gasteiger partial charge in [0.25, 0.3) is 0 Å². The van der Waals surface area contributed by atoms with Gasteiger partial charge in [0, 0.05) is 20.0 Å². The molecule has 0 amide bonds. The number of fused-ring (bicyclic) bond motifs is 1. The summed E-state index contributed by atoms with van der Waals surface area (Å²) in [5.74, 6) is -2.22. The molecule has 0 saturated carbocycles. The van der Waals surface area contributed by atoms with Crippen LogP contribution in [0.15, 0.2) is 54.7 Å². The molecule has 1 aliphatic rings. The number of carbonyl (C=O) groups is 3. The van der Waals surface area contributed by atoms with Crippen LogP contribution in [0.5, 0.6) is 5.75 Å². The van der Waals surface area contributed by atoms with E-state index in [-0.39, 0.29) is 5.75 Å². The predicted molar refractivity (Wildman–Crippen MR) is 162 cm³/mol. The molecule has 6 atom stereocenters. The van der Waals surface area contributed by atoms with Crippen LogP contribution < -0.4 is 15.3 Å². The highest BCUT2D eigenvalue weighted by Gasteiger charge is 2.62. The van der Waals surface area contributed by atoms with Gasteiger partial charge in [0.15, 0.2) is 12.2 Å². The highest BCUT2D eigenvalue weighted by molar-refractivity contribution is 7.52. The number of esters is 3. The van der Waals surface area contributed by atoms with Gasteiger partial charge in [0.2, 0.25) is 5.60 Å². The molecule has 1 aromatic carbocycles. The summed E-state index contributed by atoms with van der Waals surface area (Å²) in [4.78, 5) is 37.4. The number of para-hydroxylation sites is 1. The number of hydrogen-bond donors (Lipinski definition) is 2. The third kappa shape index (κ3) is 7.83. The van der Waals surface area contributed by atoms with E-state index in [1.165, 1.54) is 29.8 Å². The number of nitriles is 1. The maximum atomic E-state index is 14.2. The first-order chi connectivity index (χ1) is 21.6. The number of rotatable bonds is 11. The van der Waals surface area contributed by atoms with E-state index in [2.05, 4.69) is 10.2 Å². The number of benzene rings is 1. The number of nitrogen functional groups attached to an aromatic ring is 1. The number of aromatic nitrogens is 2. The smallest absolute Gasteiger partial charge is 0.459 e. The largest absolute Gasteiger partial charge is 0.459 e. The van der Waals surface area contributed by atoms with Crippen molar-refractivity contribution in [3.63, 3.8) is 0 Å². The summed E-state index contributed by atoms with van der Waals surface area (Å²) < 4.78 is 49.9. The van der Waals surface area contributed by atoms with Crippen molar-refractivity contribution in [1.29, 1.82) is 5.26 Å². The Hall–Kier alpha value is -4.48. The Balaban J connectivity index is 1.74. The van der Waals surface area contributed by atoms with E-state index >= 15 is 0 Å².